The van der Waals surface area contributed by atoms with Gasteiger partial charge in [-0.15, -0.1) is 0 Å². The summed E-state index contributed by atoms with van der Waals surface area (Å²) in [5.74, 6) is -0.413. The highest BCUT2D eigenvalue weighted by Crippen LogP contribution is 2.07. The molecule has 0 aliphatic heterocycles. The van der Waals surface area contributed by atoms with E-state index in [1.165, 1.54) is 6.08 Å². The van der Waals surface area contributed by atoms with Crippen LogP contribution in [0.25, 0.3) is 0 Å². The van der Waals surface area contributed by atoms with Crippen LogP contribution >= 0.6 is 0 Å². The number of aliphatic hydroxyl groups is 1. The molecule has 1 rings (SSSR count). The van der Waals surface area contributed by atoms with Gasteiger partial charge in [0.15, 0.2) is 5.76 Å². The van der Waals surface area contributed by atoms with Crippen molar-refractivity contribution in [3.05, 3.63) is 47.7 Å². The lowest BCUT2D eigenvalue weighted by atomic mass is 10.1. The quantitative estimate of drug-likeness (QED) is 0.475. The predicted octanol–water partition coefficient (Wildman–Crippen LogP) is 3.61. The minimum atomic E-state index is -0.664. The normalized spacial score (nSPS) is 11.6. The van der Waals surface area contributed by atoms with Crippen molar-refractivity contribution in [2.75, 3.05) is 0 Å². The average Bonchev–Trinajstić information content (AvgIpc) is 2.36. The summed E-state index contributed by atoms with van der Waals surface area (Å²) in [6.45, 7) is 4.37. The molecule has 0 bridgehead atoms. The highest BCUT2D eigenvalue weighted by molar-refractivity contribution is 5.85. The third kappa shape index (κ3) is 5.53. The molecule has 3 heteroatoms. The molecule has 0 amide bonds. The Kier molecular flexibility index (Phi) is 5.98. The van der Waals surface area contributed by atoms with Crippen LogP contribution in [0.2, 0.25) is 0 Å². The van der Waals surface area contributed by atoms with E-state index in [4.69, 9.17) is 4.74 Å². The van der Waals surface area contributed by atoms with E-state index in [9.17, 15) is 9.90 Å². The Morgan fingerprint density at radius 2 is 2.00 bits per heavy atom. The first-order valence-electron chi connectivity index (χ1n) is 6.19. The third-order valence-electron chi connectivity index (χ3n) is 2.50. The SMILES string of the molecule is CC(C)CCC=C(O)C(=O)OCc1ccccc1. The maximum atomic E-state index is 11.5. The van der Waals surface area contributed by atoms with Crippen LogP contribution in [0, 0.1) is 5.92 Å². The molecule has 0 atom stereocenters. The van der Waals surface area contributed by atoms with Crippen molar-refractivity contribution in [1.29, 1.82) is 0 Å². The van der Waals surface area contributed by atoms with E-state index < -0.39 is 5.97 Å². The van der Waals surface area contributed by atoms with E-state index in [1.54, 1.807) is 0 Å². The van der Waals surface area contributed by atoms with Crippen molar-refractivity contribution in [3.8, 4) is 0 Å². The Labute approximate surface area is 108 Å². The number of carbonyl (C=O) groups is 1. The Morgan fingerprint density at radius 3 is 2.61 bits per heavy atom. The van der Waals surface area contributed by atoms with E-state index in [0.717, 1.165) is 12.0 Å². The Bertz CT molecular complexity index is 393. The van der Waals surface area contributed by atoms with Crippen LogP contribution in [0.4, 0.5) is 0 Å². The number of aliphatic hydroxyl groups excluding tert-OH is 1. The summed E-state index contributed by atoms with van der Waals surface area (Å²) in [6.07, 6.45) is 3.15. The molecule has 3 nitrogen and oxygen atoms in total. The van der Waals surface area contributed by atoms with Crippen molar-refractivity contribution >= 4 is 5.97 Å². The van der Waals surface area contributed by atoms with Crippen molar-refractivity contribution < 1.29 is 14.6 Å². The molecule has 0 saturated carbocycles. The van der Waals surface area contributed by atoms with Crippen LogP contribution in [0.5, 0.6) is 0 Å². The molecule has 0 fully saturated rings. The summed E-state index contributed by atoms with van der Waals surface area (Å²) in [7, 11) is 0. The van der Waals surface area contributed by atoms with Gasteiger partial charge in [-0.05, 0) is 30.4 Å². The van der Waals surface area contributed by atoms with Gasteiger partial charge >= 0.3 is 5.97 Å². The van der Waals surface area contributed by atoms with Gasteiger partial charge in [0.05, 0.1) is 0 Å². The van der Waals surface area contributed by atoms with Crippen LogP contribution in [0.1, 0.15) is 32.3 Å². The largest absolute Gasteiger partial charge is 0.502 e. The van der Waals surface area contributed by atoms with Gasteiger partial charge in [0, 0.05) is 0 Å². The standard InChI is InChI=1S/C15H20O3/c1-12(2)7-6-10-14(16)15(17)18-11-13-8-4-3-5-9-13/h3-5,8-10,12,16H,6-7,11H2,1-2H3. The highest BCUT2D eigenvalue weighted by atomic mass is 16.5. The molecule has 0 spiro atoms. The first kappa shape index (κ1) is 14.3. The summed E-state index contributed by atoms with van der Waals surface area (Å²) in [6, 6.07) is 9.39. The second-order valence-electron chi connectivity index (χ2n) is 4.62. The number of hydrogen-bond acceptors (Lipinski definition) is 3. The van der Waals surface area contributed by atoms with E-state index in [-0.39, 0.29) is 12.4 Å². The maximum absolute atomic E-state index is 11.5. The van der Waals surface area contributed by atoms with Crippen LogP contribution in [0.3, 0.4) is 0 Å². The lowest BCUT2D eigenvalue weighted by Gasteiger charge is -2.04. The molecule has 1 aromatic carbocycles. The van der Waals surface area contributed by atoms with Gasteiger partial charge in [0.25, 0.3) is 0 Å². The fourth-order valence-corrected chi connectivity index (χ4v) is 1.43. The summed E-state index contributed by atoms with van der Waals surface area (Å²) >= 11 is 0. The summed E-state index contributed by atoms with van der Waals surface area (Å²) in [4.78, 5) is 11.5. The first-order valence-corrected chi connectivity index (χ1v) is 6.19. The van der Waals surface area contributed by atoms with Gasteiger partial charge in [-0.3, -0.25) is 0 Å². The zero-order chi connectivity index (χ0) is 13.4. The van der Waals surface area contributed by atoms with E-state index >= 15 is 0 Å². The summed E-state index contributed by atoms with van der Waals surface area (Å²) in [5, 5.41) is 9.50. The average molecular weight is 248 g/mol. The molecule has 1 N–H and O–H groups in total. The molecule has 98 valence electrons. The second kappa shape index (κ2) is 7.54. The summed E-state index contributed by atoms with van der Waals surface area (Å²) in [5.41, 5.74) is 0.904. The van der Waals surface area contributed by atoms with Crippen LogP contribution in [-0.4, -0.2) is 11.1 Å². The van der Waals surface area contributed by atoms with Gasteiger partial charge in [-0.2, -0.15) is 0 Å². The molecule has 0 heterocycles. The number of rotatable bonds is 6. The topological polar surface area (TPSA) is 46.5 Å². The molecular weight excluding hydrogens is 228 g/mol. The molecule has 0 aliphatic rings. The number of hydrogen-bond donors (Lipinski definition) is 1. The number of carbonyl (C=O) groups excluding carboxylic acids is 1. The van der Waals surface area contributed by atoms with E-state index in [1.807, 2.05) is 30.3 Å². The van der Waals surface area contributed by atoms with Crippen molar-refractivity contribution in [2.45, 2.75) is 33.3 Å². The maximum Gasteiger partial charge on any atom is 0.373 e. The molecule has 1 aromatic rings. The van der Waals surface area contributed by atoms with Gasteiger partial charge in [-0.1, -0.05) is 44.2 Å². The molecule has 0 aliphatic carbocycles. The minimum Gasteiger partial charge on any atom is -0.502 e. The molecule has 0 radical (unpaired) electrons. The van der Waals surface area contributed by atoms with Crippen LogP contribution in [0.15, 0.2) is 42.2 Å². The Morgan fingerprint density at radius 1 is 1.33 bits per heavy atom. The Hall–Kier alpha value is -1.77. The van der Waals surface area contributed by atoms with Crippen LogP contribution in [-0.2, 0) is 16.1 Å². The molecular formula is C15H20O3. The van der Waals surface area contributed by atoms with Gasteiger partial charge < -0.3 is 9.84 Å². The number of allylic oxidation sites excluding steroid dienone is 1. The fourth-order valence-electron chi connectivity index (χ4n) is 1.43. The predicted molar refractivity (Wildman–Crippen MR) is 71.0 cm³/mol. The molecule has 0 saturated heterocycles. The first-order chi connectivity index (χ1) is 8.59. The fraction of sp³-hybridized carbons (Fsp3) is 0.400. The van der Waals surface area contributed by atoms with Crippen molar-refractivity contribution in [1.82, 2.24) is 0 Å². The lowest BCUT2D eigenvalue weighted by Crippen LogP contribution is -2.07. The zero-order valence-corrected chi connectivity index (χ0v) is 10.9. The smallest absolute Gasteiger partial charge is 0.373 e. The monoisotopic (exact) mass is 248 g/mol. The van der Waals surface area contributed by atoms with Gasteiger partial charge in [0.1, 0.15) is 6.61 Å². The lowest BCUT2D eigenvalue weighted by molar-refractivity contribution is -0.143. The van der Waals surface area contributed by atoms with Gasteiger partial charge in [0.2, 0.25) is 0 Å². The van der Waals surface area contributed by atoms with Crippen molar-refractivity contribution in [2.24, 2.45) is 5.92 Å². The van der Waals surface area contributed by atoms with Crippen molar-refractivity contribution in [3.63, 3.8) is 0 Å². The second-order valence-corrected chi connectivity index (χ2v) is 4.62. The minimum absolute atomic E-state index is 0.182. The molecule has 0 unspecified atom stereocenters. The van der Waals surface area contributed by atoms with E-state index in [2.05, 4.69) is 13.8 Å². The third-order valence-corrected chi connectivity index (χ3v) is 2.50. The number of benzene rings is 1. The van der Waals surface area contributed by atoms with Crippen LogP contribution < -0.4 is 0 Å². The highest BCUT2D eigenvalue weighted by Gasteiger charge is 2.08. The molecule has 18 heavy (non-hydrogen) atoms. The zero-order valence-electron chi connectivity index (χ0n) is 10.9. The number of ether oxygens (including phenoxy) is 1. The molecule has 0 aromatic heterocycles. The summed E-state index contributed by atoms with van der Waals surface area (Å²) < 4.78 is 4.99. The number of esters is 1. The van der Waals surface area contributed by atoms with E-state index in [0.29, 0.717) is 12.3 Å². The van der Waals surface area contributed by atoms with Gasteiger partial charge in [-0.25, -0.2) is 4.79 Å². The Balaban J connectivity index is 2.36.